The Morgan fingerprint density at radius 3 is 1.82 bits per heavy atom. The molecule has 11 heavy (non-hydrogen) atoms. The Morgan fingerprint density at radius 1 is 1.27 bits per heavy atom. The predicted molar refractivity (Wildman–Crippen MR) is 46.3 cm³/mol. The lowest BCUT2D eigenvalue weighted by Gasteiger charge is -2.19. The normalized spacial score (nSPS) is 35.0. The minimum Gasteiger partial charge on any atom is -0.303 e. The summed E-state index contributed by atoms with van der Waals surface area (Å²) in [5.74, 6) is 0.870. The molecule has 1 heteroatoms. The summed E-state index contributed by atoms with van der Waals surface area (Å²) in [6, 6.07) is 0. The highest BCUT2D eigenvalue weighted by atomic mass is 16.1. The topological polar surface area (TPSA) is 17.1 Å². The molecule has 2 atom stereocenters. The SMILES string of the molecule is CC(C)(C)C1C(C=O)C1(C)C. The quantitative estimate of drug-likeness (QED) is 0.530. The molecule has 0 aromatic carbocycles. The first kappa shape index (κ1) is 8.76. The van der Waals surface area contributed by atoms with Gasteiger partial charge in [0.05, 0.1) is 0 Å². The molecular formula is C10H18O. The Bertz CT molecular complexity index is 174. The van der Waals surface area contributed by atoms with Gasteiger partial charge in [-0.3, -0.25) is 0 Å². The zero-order valence-electron chi connectivity index (χ0n) is 8.14. The molecule has 0 aromatic heterocycles. The van der Waals surface area contributed by atoms with E-state index in [1.807, 2.05) is 0 Å². The first-order chi connectivity index (χ1) is 4.81. The molecule has 64 valence electrons. The van der Waals surface area contributed by atoms with E-state index in [0.29, 0.717) is 11.8 Å². The Balaban J connectivity index is 2.74. The predicted octanol–water partition coefficient (Wildman–Crippen LogP) is 2.50. The maximum atomic E-state index is 10.6. The summed E-state index contributed by atoms with van der Waals surface area (Å²) >= 11 is 0. The molecule has 0 aromatic rings. The molecule has 0 spiro atoms. The highest BCUT2D eigenvalue weighted by Crippen LogP contribution is 2.64. The van der Waals surface area contributed by atoms with E-state index in [1.54, 1.807) is 0 Å². The van der Waals surface area contributed by atoms with Gasteiger partial charge < -0.3 is 4.79 Å². The van der Waals surface area contributed by atoms with Crippen molar-refractivity contribution in [2.75, 3.05) is 0 Å². The number of carbonyl (C=O) groups excluding carboxylic acids is 1. The van der Waals surface area contributed by atoms with Crippen molar-refractivity contribution in [1.29, 1.82) is 0 Å². The summed E-state index contributed by atoms with van der Waals surface area (Å²) in [5, 5.41) is 0. The smallest absolute Gasteiger partial charge is 0.123 e. The average Bonchev–Trinajstić information content (AvgIpc) is 2.31. The van der Waals surface area contributed by atoms with E-state index in [4.69, 9.17) is 0 Å². The molecule has 1 aliphatic carbocycles. The largest absolute Gasteiger partial charge is 0.303 e. The number of carbonyl (C=O) groups is 1. The second-order valence-electron chi connectivity index (χ2n) is 5.33. The van der Waals surface area contributed by atoms with Gasteiger partial charge >= 0.3 is 0 Å². The highest BCUT2D eigenvalue weighted by Gasteiger charge is 2.62. The lowest BCUT2D eigenvalue weighted by molar-refractivity contribution is -0.109. The summed E-state index contributed by atoms with van der Waals surface area (Å²) in [5.41, 5.74) is 0.537. The molecule has 0 saturated heterocycles. The fraction of sp³-hybridized carbons (Fsp3) is 0.900. The monoisotopic (exact) mass is 154 g/mol. The van der Waals surface area contributed by atoms with Crippen LogP contribution in [0.4, 0.5) is 0 Å². The summed E-state index contributed by atoms with van der Waals surface area (Å²) in [4.78, 5) is 10.6. The van der Waals surface area contributed by atoms with E-state index >= 15 is 0 Å². The summed E-state index contributed by atoms with van der Waals surface area (Å²) in [6.45, 7) is 11.0. The Labute approximate surface area is 69.2 Å². The lowest BCUT2D eigenvalue weighted by atomic mass is 9.86. The van der Waals surface area contributed by atoms with Crippen LogP contribution < -0.4 is 0 Å². The van der Waals surface area contributed by atoms with Crippen LogP contribution in [0.5, 0.6) is 0 Å². The van der Waals surface area contributed by atoms with Crippen LogP contribution in [0.1, 0.15) is 34.6 Å². The third-order valence-electron chi connectivity index (χ3n) is 2.99. The van der Waals surface area contributed by atoms with Gasteiger partial charge in [0.1, 0.15) is 6.29 Å². The van der Waals surface area contributed by atoms with E-state index in [0.717, 1.165) is 6.29 Å². The van der Waals surface area contributed by atoms with E-state index in [2.05, 4.69) is 34.6 Å². The molecule has 0 heterocycles. The highest BCUT2D eigenvalue weighted by molar-refractivity contribution is 5.61. The number of rotatable bonds is 1. The minimum absolute atomic E-state index is 0.250. The van der Waals surface area contributed by atoms with Crippen molar-refractivity contribution >= 4 is 6.29 Å². The van der Waals surface area contributed by atoms with Gasteiger partial charge in [-0.25, -0.2) is 0 Å². The first-order valence-corrected chi connectivity index (χ1v) is 4.27. The van der Waals surface area contributed by atoms with Crippen LogP contribution in [-0.2, 0) is 4.79 Å². The second kappa shape index (κ2) is 2.09. The molecule has 2 unspecified atom stereocenters. The fourth-order valence-electron chi connectivity index (χ4n) is 2.59. The van der Waals surface area contributed by atoms with Crippen LogP contribution in [0.25, 0.3) is 0 Å². The van der Waals surface area contributed by atoms with Crippen molar-refractivity contribution in [3.63, 3.8) is 0 Å². The Hall–Kier alpha value is -0.330. The zero-order valence-corrected chi connectivity index (χ0v) is 8.14. The van der Waals surface area contributed by atoms with Crippen LogP contribution >= 0.6 is 0 Å². The van der Waals surface area contributed by atoms with E-state index in [9.17, 15) is 4.79 Å². The van der Waals surface area contributed by atoms with Crippen molar-refractivity contribution in [2.24, 2.45) is 22.7 Å². The molecule has 0 radical (unpaired) electrons. The van der Waals surface area contributed by atoms with E-state index in [1.165, 1.54) is 0 Å². The molecule has 0 bridgehead atoms. The first-order valence-electron chi connectivity index (χ1n) is 4.27. The van der Waals surface area contributed by atoms with Crippen LogP contribution in [0.15, 0.2) is 0 Å². The molecule has 1 rings (SSSR count). The van der Waals surface area contributed by atoms with Crippen molar-refractivity contribution in [3.05, 3.63) is 0 Å². The van der Waals surface area contributed by atoms with Crippen LogP contribution in [0.3, 0.4) is 0 Å². The summed E-state index contributed by atoms with van der Waals surface area (Å²) in [7, 11) is 0. The Morgan fingerprint density at radius 2 is 1.73 bits per heavy atom. The van der Waals surface area contributed by atoms with Gasteiger partial charge in [-0.2, -0.15) is 0 Å². The van der Waals surface area contributed by atoms with Crippen LogP contribution in [-0.4, -0.2) is 6.29 Å². The van der Waals surface area contributed by atoms with Gasteiger partial charge in [-0.05, 0) is 16.7 Å². The van der Waals surface area contributed by atoms with Gasteiger partial charge in [0.2, 0.25) is 0 Å². The maximum absolute atomic E-state index is 10.6. The third-order valence-corrected chi connectivity index (χ3v) is 2.99. The molecule has 0 N–H and O–H groups in total. The molecule has 1 fully saturated rings. The van der Waals surface area contributed by atoms with Crippen molar-refractivity contribution < 1.29 is 4.79 Å². The van der Waals surface area contributed by atoms with Crippen LogP contribution in [0, 0.1) is 22.7 Å². The second-order valence-corrected chi connectivity index (χ2v) is 5.33. The summed E-state index contributed by atoms with van der Waals surface area (Å²) in [6.07, 6.45) is 1.12. The van der Waals surface area contributed by atoms with Gasteiger partial charge in [-0.1, -0.05) is 34.6 Å². The lowest BCUT2D eigenvalue weighted by Crippen LogP contribution is -2.12. The molecule has 1 saturated carbocycles. The molecule has 0 amide bonds. The zero-order chi connectivity index (χ0) is 8.86. The van der Waals surface area contributed by atoms with Crippen molar-refractivity contribution in [3.8, 4) is 0 Å². The molecule has 1 aliphatic rings. The number of aldehydes is 1. The molecular weight excluding hydrogens is 136 g/mol. The number of hydrogen-bond acceptors (Lipinski definition) is 1. The van der Waals surface area contributed by atoms with Gasteiger partial charge in [0.25, 0.3) is 0 Å². The maximum Gasteiger partial charge on any atom is 0.123 e. The fourth-order valence-corrected chi connectivity index (χ4v) is 2.59. The average molecular weight is 154 g/mol. The molecule has 1 nitrogen and oxygen atoms in total. The van der Waals surface area contributed by atoms with Gasteiger partial charge in [-0.15, -0.1) is 0 Å². The Kier molecular flexibility index (Phi) is 1.66. The van der Waals surface area contributed by atoms with Crippen molar-refractivity contribution in [2.45, 2.75) is 34.6 Å². The van der Waals surface area contributed by atoms with E-state index < -0.39 is 0 Å². The van der Waals surface area contributed by atoms with Crippen molar-refractivity contribution in [1.82, 2.24) is 0 Å². The van der Waals surface area contributed by atoms with Crippen LogP contribution in [0.2, 0.25) is 0 Å². The molecule has 0 aliphatic heterocycles. The minimum atomic E-state index is 0.250. The van der Waals surface area contributed by atoms with Gasteiger partial charge in [0.15, 0.2) is 0 Å². The van der Waals surface area contributed by atoms with Gasteiger partial charge in [0, 0.05) is 5.92 Å². The summed E-state index contributed by atoms with van der Waals surface area (Å²) < 4.78 is 0. The standard InChI is InChI=1S/C10H18O/c1-9(2,3)8-7(6-11)10(8,4)5/h6-8H,1-5H3. The number of hydrogen-bond donors (Lipinski definition) is 0. The third kappa shape index (κ3) is 1.21. The van der Waals surface area contributed by atoms with E-state index in [-0.39, 0.29) is 10.8 Å².